The van der Waals surface area contributed by atoms with E-state index in [4.69, 9.17) is 0 Å². The van der Waals surface area contributed by atoms with E-state index in [-0.39, 0.29) is 6.61 Å². The molecule has 3 unspecified atom stereocenters. The smallest absolute Gasteiger partial charge is 0.249 e. The van der Waals surface area contributed by atoms with Gasteiger partial charge in [0.15, 0.2) is 0 Å². The van der Waals surface area contributed by atoms with Gasteiger partial charge in [-0.05, 0) is 19.3 Å². The molecule has 0 heterocycles. The van der Waals surface area contributed by atoms with Gasteiger partial charge in [0.1, 0.15) is 6.10 Å². The molecule has 0 aromatic heterocycles. The number of hydrogen-bond acceptors (Lipinski definition) is 4. The van der Waals surface area contributed by atoms with Crippen LogP contribution in [0.15, 0.2) is 12.2 Å². The Morgan fingerprint density at radius 3 is 0.833 bits per heavy atom. The third kappa shape index (κ3) is 51.0. The van der Waals surface area contributed by atoms with Crippen LogP contribution >= 0.6 is 0 Å². The minimum Gasteiger partial charge on any atom is -0.394 e. The quantitative estimate of drug-likeness (QED) is 0.0361. The fourth-order valence-corrected chi connectivity index (χ4v) is 9.90. The SMILES string of the molecule is CCCCCCCCCCCCCCCCCCCCC/C=C/C(O)C(CO)NC(=O)C(O)CCCCCCCCCCCCCCCCCCCCCCCCCCCCCCCCC. The lowest BCUT2D eigenvalue weighted by atomic mass is 10.0. The van der Waals surface area contributed by atoms with Crippen molar-refractivity contribution >= 4 is 5.91 Å². The van der Waals surface area contributed by atoms with Crippen LogP contribution in [0.25, 0.3) is 0 Å². The number of rotatable bonds is 57. The molecule has 0 spiro atoms. The number of aliphatic hydroxyl groups is 3. The summed E-state index contributed by atoms with van der Waals surface area (Å²) in [6.45, 7) is 4.23. The number of unbranched alkanes of at least 4 members (excludes halogenated alkanes) is 49. The second kappa shape index (κ2) is 56.7. The van der Waals surface area contributed by atoms with Crippen molar-refractivity contribution in [3.63, 3.8) is 0 Å². The van der Waals surface area contributed by atoms with E-state index in [0.29, 0.717) is 6.42 Å². The molecule has 394 valence electrons. The first-order valence-electron chi connectivity index (χ1n) is 30.5. The van der Waals surface area contributed by atoms with Gasteiger partial charge >= 0.3 is 0 Å². The van der Waals surface area contributed by atoms with E-state index in [1.807, 2.05) is 6.08 Å². The number of hydrogen-bond donors (Lipinski definition) is 4. The van der Waals surface area contributed by atoms with Gasteiger partial charge in [-0.1, -0.05) is 341 Å². The van der Waals surface area contributed by atoms with Crippen molar-refractivity contribution in [1.29, 1.82) is 0 Å². The van der Waals surface area contributed by atoms with Crippen LogP contribution in [0.2, 0.25) is 0 Å². The first-order chi connectivity index (χ1) is 32.6. The molecule has 1 amide bonds. The van der Waals surface area contributed by atoms with E-state index < -0.39 is 24.2 Å². The molecule has 0 aromatic carbocycles. The van der Waals surface area contributed by atoms with Gasteiger partial charge in [-0.3, -0.25) is 4.79 Å². The lowest BCUT2D eigenvalue weighted by molar-refractivity contribution is -0.131. The zero-order valence-electron chi connectivity index (χ0n) is 45.1. The van der Waals surface area contributed by atoms with E-state index in [0.717, 1.165) is 32.1 Å². The monoisotopic (exact) mass is 932 g/mol. The van der Waals surface area contributed by atoms with Gasteiger partial charge in [0.05, 0.1) is 18.8 Å². The highest BCUT2D eigenvalue weighted by Crippen LogP contribution is 2.19. The highest BCUT2D eigenvalue weighted by atomic mass is 16.3. The summed E-state index contributed by atoms with van der Waals surface area (Å²) in [6.07, 6.45) is 71.7. The standard InChI is InChI=1S/C61H121NO4/c1-3-5-7-9-11-13-15-17-19-21-23-25-26-27-28-29-30-31-32-33-34-36-38-40-42-44-46-48-50-52-54-56-60(65)61(66)62-58(57-63)59(64)55-53-51-49-47-45-43-41-39-37-35-24-22-20-18-16-14-12-10-8-6-4-2/h53,55,58-60,63-65H,3-52,54,56-57H2,1-2H3,(H,62,66)/b55-53+. The van der Waals surface area contributed by atoms with Gasteiger partial charge < -0.3 is 20.6 Å². The summed E-state index contributed by atoms with van der Waals surface area (Å²) in [6, 6.07) is -0.795. The number of carbonyl (C=O) groups is 1. The topological polar surface area (TPSA) is 89.8 Å². The number of allylic oxidation sites excluding steroid dienone is 1. The van der Waals surface area contributed by atoms with Gasteiger partial charge in [-0.15, -0.1) is 0 Å². The van der Waals surface area contributed by atoms with Crippen molar-refractivity contribution in [2.45, 2.75) is 366 Å². The van der Waals surface area contributed by atoms with Crippen molar-refractivity contribution in [3.8, 4) is 0 Å². The summed E-state index contributed by atoms with van der Waals surface area (Å²) < 4.78 is 0. The maximum atomic E-state index is 12.6. The number of amides is 1. The molecule has 0 saturated carbocycles. The van der Waals surface area contributed by atoms with Crippen molar-refractivity contribution < 1.29 is 20.1 Å². The normalized spacial score (nSPS) is 13.2. The van der Waals surface area contributed by atoms with Crippen molar-refractivity contribution in [1.82, 2.24) is 5.32 Å². The van der Waals surface area contributed by atoms with E-state index in [2.05, 4.69) is 19.2 Å². The van der Waals surface area contributed by atoms with Gasteiger partial charge in [-0.25, -0.2) is 0 Å². The summed E-state index contributed by atoms with van der Waals surface area (Å²) >= 11 is 0. The van der Waals surface area contributed by atoms with Crippen LogP contribution in [0.4, 0.5) is 0 Å². The summed E-state index contributed by atoms with van der Waals surface area (Å²) in [5.74, 6) is -0.495. The van der Waals surface area contributed by atoms with Crippen molar-refractivity contribution in [2.24, 2.45) is 0 Å². The van der Waals surface area contributed by atoms with Crippen LogP contribution in [0.3, 0.4) is 0 Å². The van der Waals surface area contributed by atoms with Gasteiger partial charge in [0.25, 0.3) is 0 Å². The molecule has 5 nitrogen and oxygen atoms in total. The summed E-state index contributed by atoms with van der Waals surface area (Å²) in [5, 5.41) is 33.4. The molecule has 0 fully saturated rings. The zero-order chi connectivity index (χ0) is 47.9. The Balaban J connectivity index is 3.49. The molecule has 5 heteroatoms. The summed E-state index contributed by atoms with van der Waals surface area (Å²) in [4.78, 5) is 12.6. The molecule has 0 aromatic rings. The van der Waals surface area contributed by atoms with Crippen LogP contribution in [0.1, 0.15) is 348 Å². The summed E-state index contributed by atoms with van der Waals surface area (Å²) in [5.41, 5.74) is 0. The van der Waals surface area contributed by atoms with Crippen molar-refractivity contribution in [2.75, 3.05) is 6.61 Å². The Hall–Kier alpha value is -0.910. The lowest BCUT2D eigenvalue weighted by Crippen LogP contribution is -2.48. The fraction of sp³-hybridized carbons (Fsp3) is 0.951. The molecule has 4 N–H and O–H groups in total. The Bertz CT molecular complexity index is 940. The third-order valence-electron chi connectivity index (χ3n) is 14.6. The zero-order valence-corrected chi connectivity index (χ0v) is 45.1. The second-order valence-electron chi connectivity index (χ2n) is 21.3. The lowest BCUT2D eigenvalue weighted by Gasteiger charge is -2.21. The van der Waals surface area contributed by atoms with Crippen LogP contribution in [-0.2, 0) is 4.79 Å². The first-order valence-corrected chi connectivity index (χ1v) is 30.5. The maximum Gasteiger partial charge on any atom is 0.249 e. The molecule has 0 saturated heterocycles. The van der Waals surface area contributed by atoms with Gasteiger partial charge in [0, 0.05) is 0 Å². The Kier molecular flexibility index (Phi) is 55.9. The minimum atomic E-state index is -1.09. The van der Waals surface area contributed by atoms with Crippen molar-refractivity contribution in [3.05, 3.63) is 12.2 Å². The second-order valence-corrected chi connectivity index (χ2v) is 21.3. The average molecular weight is 933 g/mol. The molecule has 66 heavy (non-hydrogen) atoms. The maximum absolute atomic E-state index is 12.6. The number of nitrogens with one attached hydrogen (secondary N) is 1. The van der Waals surface area contributed by atoms with Crippen LogP contribution in [0.5, 0.6) is 0 Å². The predicted molar refractivity (Wildman–Crippen MR) is 292 cm³/mol. The molecule has 0 aliphatic carbocycles. The largest absolute Gasteiger partial charge is 0.394 e. The molecule has 3 atom stereocenters. The first kappa shape index (κ1) is 65.1. The van der Waals surface area contributed by atoms with Crippen LogP contribution < -0.4 is 5.32 Å². The molecule has 0 aliphatic rings. The predicted octanol–water partition coefficient (Wildman–Crippen LogP) is 19.1. The van der Waals surface area contributed by atoms with Crippen LogP contribution in [0, 0.1) is 0 Å². The van der Waals surface area contributed by atoms with Gasteiger partial charge in [0.2, 0.25) is 5.91 Å². The minimum absolute atomic E-state index is 0.358. The molecule has 0 radical (unpaired) electrons. The third-order valence-corrected chi connectivity index (χ3v) is 14.6. The number of aliphatic hydroxyl groups excluding tert-OH is 3. The highest BCUT2D eigenvalue weighted by molar-refractivity contribution is 5.80. The Labute approximate surface area is 414 Å². The summed E-state index contributed by atoms with van der Waals surface area (Å²) in [7, 11) is 0. The highest BCUT2D eigenvalue weighted by Gasteiger charge is 2.22. The van der Waals surface area contributed by atoms with E-state index in [1.54, 1.807) is 6.08 Å². The molecule has 0 bridgehead atoms. The van der Waals surface area contributed by atoms with E-state index in [9.17, 15) is 20.1 Å². The molecule has 0 aliphatic heterocycles. The van der Waals surface area contributed by atoms with Gasteiger partial charge in [-0.2, -0.15) is 0 Å². The molecular formula is C61H121NO4. The molecular weight excluding hydrogens is 811 g/mol. The number of carbonyl (C=O) groups excluding carboxylic acids is 1. The Morgan fingerprint density at radius 2 is 0.591 bits per heavy atom. The van der Waals surface area contributed by atoms with Crippen LogP contribution in [-0.4, -0.2) is 46.1 Å². The fourth-order valence-electron chi connectivity index (χ4n) is 9.90. The average Bonchev–Trinajstić information content (AvgIpc) is 3.32. The van der Waals surface area contributed by atoms with E-state index in [1.165, 1.54) is 295 Å². The Morgan fingerprint density at radius 1 is 0.364 bits per heavy atom. The molecule has 0 rings (SSSR count). The van der Waals surface area contributed by atoms with E-state index >= 15 is 0 Å².